The Morgan fingerprint density at radius 3 is 2.00 bits per heavy atom. The van der Waals surface area contributed by atoms with Crippen LogP contribution in [0.25, 0.3) is 0 Å². The molecule has 1 unspecified atom stereocenters. The number of likely N-dealkylation sites (tertiary alicyclic amines) is 1. The van der Waals surface area contributed by atoms with E-state index in [-0.39, 0.29) is 6.09 Å². The van der Waals surface area contributed by atoms with Crippen LogP contribution in [0.15, 0.2) is 24.3 Å². The highest BCUT2D eigenvalue weighted by Crippen LogP contribution is 2.34. The number of nitrogens with zero attached hydrogens (tertiary/aromatic N) is 1. The summed E-state index contributed by atoms with van der Waals surface area (Å²) in [5.74, 6) is 1.77. The molecule has 7 nitrogen and oxygen atoms in total. The number of rotatable bonds is 3. The number of methoxy groups -OCH3 is 1. The third-order valence-corrected chi connectivity index (χ3v) is 5.61. The van der Waals surface area contributed by atoms with Crippen molar-refractivity contribution in [3.63, 3.8) is 0 Å². The highest BCUT2D eigenvalue weighted by atomic mass is 32.2. The number of halogens is 3. The van der Waals surface area contributed by atoms with E-state index in [1.165, 1.54) is 5.56 Å². The molecule has 0 spiro atoms. The van der Waals surface area contributed by atoms with Gasteiger partial charge in [0.05, 0.1) is 14.2 Å². The Balaban J connectivity index is 0.000000452. The van der Waals surface area contributed by atoms with Gasteiger partial charge in [0.1, 0.15) is 11.4 Å². The number of benzene rings is 1. The van der Waals surface area contributed by atoms with Crippen molar-refractivity contribution < 1.29 is 40.0 Å². The summed E-state index contributed by atoms with van der Waals surface area (Å²) in [7, 11) is -3.21. The molecule has 1 aliphatic heterocycles. The third-order valence-electron chi connectivity index (χ3n) is 4.60. The van der Waals surface area contributed by atoms with Crippen molar-refractivity contribution in [2.75, 3.05) is 27.3 Å². The maximum Gasteiger partial charge on any atom is 0.523 e. The highest BCUT2D eigenvalue weighted by Gasteiger charge is 2.46. The molecule has 31 heavy (non-hydrogen) atoms. The second-order valence-electron chi connectivity index (χ2n) is 8.14. The fraction of sp³-hybridized carbons (Fsp3) is 0.650. The van der Waals surface area contributed by atoms with Gasteiger partial charge in [-0.1, -0.05) is 19.1 Å². The fourth-order valence-corrected chi connectivity index (χ4v) is 3.27. The van der Waals surface area contributed by atoms with Crippen LogP contribution in [0.1, 0.15) is 45.6 Å². The first-order chi connectivity index (χ1) is 14.1. The van der Waals surface area contributed by atoms with Crippen molar-refractivity contribution in [2.24, 2.45) is 5.92 Å². The monoisotopic (exact) mass is 469 g/mol. The van der Waals surface area contributed by atoms with Crippen molar-refractivity contribution >= 4 is 16.2 Å². The summed E-state index contributed by atoms with van der Waals surface area (Å²) < 4.78 is 66.5. The molecule has 1 heterocycles. The zero-order valence-corrected chi connectivity index (χ0v) is 19.3. The van der Waals surface area contributed by atoms with Gasteiger partial charge in [-0.25, -0.2) is 4.79 Å². The minimum Gasteiger partial charge on any atom is -0.497 e. The van der Waals surface area contributed by atoms with Crippen LogP contribution in [0, 0.1) is 5.92 Å². The number of piperidine rings is 1. The topological polar surface area (TPSA) is 82.1 Å². The molecule has 2 atom stereocenters. The summed E-state index contributed by atoms with van der Waals surface area (Å²) >= 11 is 0. The fourth-order valence-electron chi connectivity index (χ4n) is 3.08. The van der Waals surface area contributed by atoms with E-state index in [0.717, 1.165) is 25.3 Å². The minimum atomic E-state index is -5.34. The van der Waals surface area contributed by atoms with E-state index in [1.807, 2.05) is 37.8 Å². The Morgan fingerprint density at radius 1 is 1.10 bits per heavy atom. The van der Waals surface area contributed by atoms with E-state index in [4.69, 9.17) is 9.47 Å². The van der Waals surface area contributed by atoms with Gasteiger partial charge in [-0.3, -0.25) is 4.18 Å². The lowest BCUT2D eigenvalue weighted by Crippen LogP contribution is -2.44. The van der Waals surface area contributed by atoms with Crippen molar-refractivity contribution in [3.8, 4) is 5.75 Å². The zero-order valence-electron chi connectivity index (χ0n) is 18.5. The van der Waals surface area contributed by atoms with Gasteiger partial charge >= 0.3 is 21.7 Å². The molecule has 0 N–H and O–H groups in total. The quantitative estimate of drug-likeness (QED) is 0.478. The molecule has 0 saturated carbocycles. The first kappa shape index (κ1) is 27.0. The van der Waals surface area contributed by atoms with Gasteiger partial charge < -0.3 is 14.4 Å². The second kappa shape index (κ2) is 10.5. The van der Waals surface area contributed by atoms with Crippen LogP contribution in [0.4, 0.5) is 18.0 Å². The lowest BCUT2D eigenvalue weighted by molar-refractivity contribution is -0.0526. The zero-order chi connectivity index (χ0) is 24.0. The van der Waals surface area contributed by atoms with E-state index in [9.17, 15) is 26.4 Å². The number of amides is 1. The Hall–Kier alpha value is -2.01. The van der Waals surface area contributed by atoms with Crippen LogP contribution in [-0.4, -0.2) is 57.8 Å². The van der Waals surface area contributed by atoms with Crippen molar-refractivity contribution in [1.29, 1.82) is 0 Å². The lowest BCUT2D eigenvalue weighted by atomic mass is 9.82. The molecule has 1 fully saturated rings. The van der Waals surface area contributed by atoms with Crippen molar-refractivity contribution in [2.45, 2.75) is 51.1 Å². The number of carbonyl (C=O) groups excluding carboxylic acids is 1. The maximum atomic E-state index is 12.2. The molecule has 1 saturated heterocycles. The molecular weight excluding hydrogens is 439 g/mol. The average molecular weight is 470 g/mol. The van der Waals surface area contributed by atoms with Gasteiger partial charge in [0.2, 0.25) is 0 Å². The summed E-state index contributed by atoms with van der Waals surface area (Å²) in [4.78, 5) is 14.0. The predicted octanol–water partition coefficient (Wildman–Crippen LogP) is 4.54. The molecule has 0 aromatic heterocycles. The largest absolute Gasteiger partial charge is 0.523 e. The van der Waals surface area contributed by atoms with Crippen LogP contribution >= 0.6 is 0 Å². The van der Waals surface area contributed by atoms with E-state index >= 15 is 0 Å². The standard InChI is InChI=1S/C18H27NO3.C2H3F3O3S/c1-13-12-19(17(20)22-18(2,3)4)11-10-16(13)14-6-8-15(21-5)9-7-14;1-8-9(6,7)2(3,4)5/h6-9,13,16H,10-12H2,1-5H3;1H3/t13?,16-;/m1./s1. The molecule has 0 radical (unpaired) electrons. The van der Waals surface area contributed by atoms with Gasteiger partial charge in [-0.15, -0.1) is 0 Å². The second-order valence-corrected chi connectivity index (χ2v) is 9.84. The summed E-state index contributed by atoms with van der Waals surface area (Å²) in [6.45, 7) is 9.39. The number of carbonyl (C=O) groups is 1. The number of ether oxygens (including phenoxy) is 2. The smallest absolute Gasteiger partial charge is 0.497 e. The Kier molecular flexibility index (Phi) is 9.19. The molecule has 1 aliphatic rings. The molecule has 11 heteroatoms. The third kappa shape index (κ3) is 8.21. The Labute approximate surface area is 181 Å². The first-order valence-electron chi connectivity index (χ1n) is 9.60. The SMILES string of the molecule is COS(=O)(=O)C(F)(F)F.COc1ccc([C@@H]2CCN(C(=O)OC(C)(C)C)CC2C)cc1. The lowest BCUT2D eigenvalue weighted by Gasteiger charge is -2.37. The summed E-state index contributed by atoms with van der Waals surface area (Å²) in [5, 5.41) is 0. The van der Waals surface area contributed by atoms with Crippen LogP contribution in [0.2, 0.25) is 0 Å². The molecule has 0 aliphatic carbocycles. The molecule has 2 rings (SSSR count). The highest BCUT2D eigenvalue weighted by molar-refractivity contribution is 7.87. The Morgan fingerprint density at radius 2 is 1.65 bits per heavy atom. The van der Waals surface area contributed by atoms with E-state index in [0.29, 0.717) is 18.9 Å². The van der Waals surface area contributed by atoms with Gasteiger partial charge in [0, 0.05) is 13.1 Å². The van der Waals surface area contributed by atoms with E-state index in [2.05, 4.69) is 23.2 Å². The van der Waals surface area contributed by atoms with E-state index < -0.39 is 21.2 Å². The number of hydrogen-bond donors (Lipinski definition) is 0. The van der Waals surface area contributed by atoms with Crippen LogP contribution < -0.4 is 4.74 Å². The van der Waals surface area contributed by atoms with Gasteiger partial charge in [0.25, 0.3) is 0 Å². The molecule has 1 amide bonds. The molecule has 178 valence electrons. The minimum absolute atomic E-state index is 0.201. The summed E-state index contributed by atoms with van der Waals surface area (Å²) in [5.41, 5.74) is -4.42. The van der Waals surface area contributed by atoms with E-state index in [1.54, 1.807) is 7.11 Å². The van der Waals surface area contributed by atoms with Gasteiger partial charge in [-0.2, -0.15) is 21.6 Å². The molecule has 1 aromatic carbocycles. The van der Waals surface area contributed by atoms with Crippen LogP contribution in [0.5, 0.6) is 5.75 Å². The van der Waals surface area contributed by atoms with Crippen LogP contribution in [0.3, 0.4) is 0 Å². The normalized spacial score (nSPS) is 19.8. The van der Waals surface area contributed by atoms with Crippen LogP contribution in [-0.2, 0) is 19.0 Å². The Bertz CT molecular complexity index is 819. The molecule has 1 aromatic rings. The van der Waals surface area contributed by atoms with Gasteiger partial charge in [-0.05, 0) is 56.7 Å². The molecule has 0 bridgehead atoms. The van der Waals surface area contributed by atoms with Crippen molar-refractivity contribution in [3.05, 3.63) is 29.8 Å². The maximum absolute atomic E-state index is 12.2. The number of hydrogen-bond acceptors (Lipinski definition) is 6. The number of alkyl halides is 3. The van der Waals surface area contributed by atoms with Crippen molar-refractivity contribution in [1.82, 2.24) is 4.90 Å². The predicted molar refractivity (Wildman–Crippen MR) is 109 cm³/mol. The average Bonchev–Trinajstić information content (AvgIpc) is 2.66. The van der Waals surface area contributed by atoms with Gasteiger partial charge in [0.15, 0.2) is 0 Å². The molecular formula is C20H30F3NO6S. The summed E-state index contributed by atoms with van der Waals surface area (Å²) in [6.07, 6.45) is 0.764. The first-order valence-corrected chi connectivity index (χ1v) is 11.0. The summed E-state index contributed by atoms with van der Waals surface area (Å²) in [6, 6.07) is 8.26.